The lowest BCUT2D eigenvalue weighted by molar-refractivity contribution is 0.236. The first kappa shape index (κ1) is 17.3. The lowest BCUT2D eigenvalue weighted by atomic mass is 10.1. The van der Waals surface area contributed by atoms with Gasteiger partial charge in [-0.1, -0.05) is 26.2 Å². The number of unbranched alkanes of at least 4 members (excludes halogenated alkanes) is 2. The third-order valence-corrected chi connectivity index (χ3v) is 3.16. The van der Waals surface area contributed by atoms with Crippen LogP contribution in [0.4, 0.5) is 4.79 Å². The molecule has 5 nitrogen and oxygen atoms in total. The first-order chi connectivity index (χ1) is 10.2. The van der Waals surface area contributed by atoms with E-state index in [1.807, 2.05) is 26.0 Å². The number of nitrogens with one attached hydrogen (secondary N) is 2. The van der Waals surface area contributed by atoms with Gasteiger partial charge in [-0.3, -0.25) is 0 Å². The van der Waals surface area contributed by atoms with Crippen LogP contribution < -0.4 is 15.4 Å². The molecular weight excluding hydrogens is 266 g/mol. The van der Waals surface area contributed by atoms with Gasteiger partial charge in [-0.2, -0.15) is 0 Å². The van der Waals surface area contributed by atoms with Crippen molar-refractivity contribution in [1.82, 2.24) is 15.6 Å². The summed E-state index contributed by atoms with van der Waals surface area (Å²) in [4.78, 5) is 15.9. The van der Waals surface area contributed by atoms with Gasteiger partial charge in [0.05, 0.1) is 6.61 Å². The molecule has 0 aliphatic rings. The molecule has 1 rings (SSSR count). The summed E-state index contributed by atoms with van der Waals surface area (Å²) in [6.45, 7) is 7.18. The van der Waals surface area contributed by atoms with E-state index < -0.39 is 0 Å². The molecule has 1 aromatic rings. The third-order valence-electron chi connectivity index (χ3n) is 3.16. The van der Waals surface area contributed by atoms with Crippen molar-refractivity contribution in [2.75, 3.05) is 6.61 Å². The number of carbonyl (C=O) groups excluding carboxylic acids is 1. The summed E-state index contributed by atoms with van der Waals surface area (Å²) >= 11 is 0. The van der Waals surface area contributed by atoms with Crippen molar-refractivity contribution >= 4 is 6.03 Å². The highest BCUT2D eigenvalue weighted by Gasteiger charge is 2.06. The Labute approximate surface area is 127 Å². The van der Waals surface area contributed by atoms with Gasteiger partial charge in [0.1, 0.15) is 0 Å². The van der Waals surface area contributed by atoms with E-state index in [-0.39, 0.29) is 12.1 Å². The number of nitrogens with zero attached hydrogens (tertiary/aromatic N) is 1. The number of hydrogen-bond acceptors (Lipinski definition) is 3. The number of aromatic nitrogens is 1. The quantitative estimate of drug-likeness (QED) is 0.687. The van der Waals surface area contributed by atoms with Gasteiger partial charge >= 0.3 is 6.03 Å². The zero-order valence-corrected chi connectivity index (χ0v) is 13.3. The highest BCUT2D eigenvalue weighted by Crippen LogP contribution is 2.09. The van der Waals surface area contributed by atoms with Crippen LogP contribution in [0.15, 0.2) is 18.3 Å². The van der Waals surface area contributed by atoms with Crippen molar-refractivity contribution < 1.29 is 9.53 Å². The highest BCUT2D eigenvalue weighted by atomic mass is 16.5. The second-order valence-electron chi connectivity index (χ2n) is 5.16. The molecule has 0 saturated carbocycles. The largest absolute Gasteiger partial charge is 0.478 e. The molecule has 0 saturated heterocycles. The standard InChI is InChI=1S/C16H27N3O2/c1-4-6-7-8-13(3)19-16(20)18-12-14-9-10-17-15(11-14)21-5-2/h9-11,13H,4-8,12H2,1-3H3,(H2,18,19,20). The van der Waals surface area contributed by atoms with Gasteiger partial charge < -0.3 is 15.4 Å². The van der Waals surface area contributed by atoms with Crippen LogP contribution in [0.2, 0.25) is 0 Å². The van der Waals surface area contributed by atoms with E-state index in [2.05, 4.69) is 22.5 Å². The molecule has 2 N–H and O–H groups in total. The van der Waals surface area contributed by atoms with Crippen molar-refractivity contribution in [2.24, 2.45) is 0 Å². The molecule has 1 heterocycles. The molecule has 1 atom stereocenters. The fraction of sp³-hybridized carbons (Fsp3) is 0.625. The number of pyridine rings is 1. The molecule has 118 valence electrons. The molecule has 0 bridgehead atoms. The SMILES string of the molecule is CCCCCC(C)NC(=O)NCc1ccnc(OCC)c1. The summed E-state index contributed by atoms with van der Waals surface area (Å²) in [5.74, 6) is 0.588. The number of urea groups is 1. The molecule has 2 amide bonds. The number of ether oxygens (including phenoxy) is 1. The van der Waals surface area contributed by atoms with E-state index in [1.165, 1.54) is 12.8 Å². The van der Waals surface area contributed by atoms with Crippen LogP contribution in [0.3, 0.4) is 0 Å². The Morgan fingerprint density at radius 2 is 2.19 bits per heavy atom. The smallest absolute Gasteiger partial charge is 0.315 e. The van der Waals surface area contributed by atoms with Gasteiger partial charge in [-0.25, -0.2) is 9.78 Å². The minimum absolute atomic E-state index is 0.131. The summed E-state index contributed by atoms with van der Waals surface area (Å²) in [6, 6.07) is 3.78. The monoisotopic (exact) mass is 293 g/mol. The molecule has 1 aromatic heterocycles. The van der Waals surface area contributed by atoms with Crippen molar-refractivity contribution in [2.45, 2.75) is 59.0 Å². The van der Waals surface area contributed by atoms with E-state index >= 15 is 0 Å². The topological polar surface area (TPSA) is 63.2 Å². The zero-order chi connectivity index (χ0) is 15.5. The van der Waals surface area contributed by atoms with E-state index in [1.54, 1.807) is 6.20 Å². The lowest BCUT2D eigenvalue weighted by Crippen LogP contribution is -2.40. The van der Waals surface area contributed by atoms with Crippen LogP contribution in [0.25, 0.3) is 0 Å². The molecule has 21 heavy (non-hydrogen) atoms. The Kier molecular flexibility index (Phi) is 8.24. The fourth-order valence-electron chi connectivity index (χ4n) is 2.02. The van der Waals surface area contributed by atoms with Gasteiger partial charge in [-0.15, -0.1) is 0 Å². The molecule has 0 radical (unpaired) electrons. The Morgan fingerprint density at radius 1 is 1.38 bits per heavy atom. The summed E-state index contributed by atoms with van der Waals surface area (Å²) in [5.41, 5.74) is 0.974. The predicted octanol–water partition coefficient (Wildman–Crippen LogP) is 3.25. The van der Waals surface area contributed by atoms with Gasteiger partial charge in [0, 0.05) is 24.8 Å². The molecule has 1 unspecified atom stereocenters. The van der Waals surface area contributed by atoms with Crippen molar-refractivity contribution in [1.29, 1.82) is 0 Å². The second kappa shape index (κ2) is 10.0. The van der Waals surface area contributed by atoms with Crippen LogP contribution in [0, 0.1) is 0 Å². The Bertz CT molecular complexity index is 424. The first-order valence-electron chi connectivity index (χ1n) is 7.77. The molecule has 5 heteroatoms. The maximum Gasteiger partial charge on any atom is 0.315 e. The Balaban J connectivity index is 2.30. The minimum atomic E-state index is -0.131. The van der Waals surface area contributed by atoms with E-state index in [0.717, 1.165) is 18.4 Å². The summed E-state index contributed by atoms with van der Waals surface area (Å²) < 4.78 is 5.33. The van der Waals surface area contributed by atoms with E-state index in [0.29, 0.717) is 19.0 Å². The molecular formula is C16H27N3O2. The average Bonchev–Trinajstić information content (AvgIpc) is 2.46. The molecule has 0 aliphatic heterocycles. The van der Waals surface area contributed by atoms with Gasteiger partial charge in [0.15, 0.2) is 0 Å². The first-order valence-corrected chi connectivity index (χ1v) is 7.77. The Morgan fingerprint density at radius 3 is 2.90 bits per heavy atom. The maximum absolute atomic E-state index is 11.8. The van der Waals surface area contributed by atoms with Crippen LogP contribution in [0.1, 0.15) is 52.0 Å². The predicted molar refractivity (Wildman–Crippen MR) is 84.4 cm³/mol. The van der Waals surface area contributed by atoms with Gasteiger partial charge in [0.2, 0.25) is 5.88 Å². The van der Waals surface area contributed by atoms with Crippen LogP contribution >= 0.6 is 0 Å². The van der Waals surface area contributed by atoms with Crippen LogP contribution in [0.5, 0.6) is 5.88 Å². The normalized spacial score (nSPS) is 11.8. The zero-order valence-electron chi connectivity index (χ0n) is 13.3. The van der Waals surface area contributed by atoms with Crippen LogP contribution in [-0.2, 0) is 6.54 Å². The number of amides is 2. The third kappa shape index (κ3) is 7.54. The second-order valence-corrected chi connectivity index (χ2v) is 5.16. The minimum Gasteiger partial charge on any atom is -0.478 e. The molecule has 0 spiro atoms. The van der Waals surface area contributed by atoms with Gasteiger partial charge in [-0.05, 0) is 31.9 Å². The number of rotatable bonds is 9. The fourth-order valence-corrected chi connectivity index (χ4v) is 2.02. The summed E-state index contributed by atoms with van der Waals surface area (Å²) in [6.07, 6.45) is 6.27. The van der Waals surface area contributed by atoms with E-state index in [4.69, 9.17) is 4.74 Å². The van der Waals surface area contributed by atoms with Crippen molar-refractivity contribution in [3.63, 3.8) is 0 Å². The Hall–Kier alpha value is -1.78. The lowest BCUT2D eigenvalue weighted by Gasteiger charge is -2.14. The van der Waals surface area contributed by atoms with Crippen LogP contribution in [-0.4, -0.2) is 23.7 Å². The number of hydrogen-bond donors (Lipinski definition) is 2. The molecule has 0 aliphatic carbocycles. The summed E-state index contributed by atoms with van der Waals surface area (Å²) in [5, 5.41) is 5.81. The summed E-state index contributed by atoms with van der Waals surface area (Å²) in [7, 11) is 0. The molecule has 0 aromatic carbocycles. The van der Waals surface area contributed by atoms with Gasteiger partial charge in [0.25, 0.3) is 0 Å². The molecule has 0 fully saturated rings. The average molecular weight is 293 g/mol. The number of carbonyl (C=O) groups is 1. The van der Waals surface area contributed by atoms with Crippen molar-refractivity contribution in [3.8, 4) is 5.88 Å². The highest BCUT2D eigenvalue weighted by molar-refractivity contribution is 5.74. The van der Waals surface area contributed by atoms with Crippen molar-refractivity contribution in [3.05, 3.63) is 23.9 Å². The van der Waals surface area contributed by atoms with E-state index in [9.17, 15) is 4.79 Å². The maximum atomic E-state index is 11.8.